The molecule has 0 unspecified atom stereocenters. The summed E-state index contributed by atoms with van der Waals surface area (Å²) < 4.78 is 39.1. The lowest BCUT2D eigenvalue weighted by atomic mass is 10.1. The highest BCUT2D eigenvalue weighted by molar-refractivity contribution is 7.92. The zero-order chi connectivity index (χ0) is 24.0. The molecule has 0 radical (unpaired) electrons. The van der Waals surface area contributed by atoms with Gasteiger partial charge in [-0.3, -0.25) is 14.4 Å². The first-order valence-corrected chi connectivity index (χ1v) is 11.6. The summed E-state index contributed by atoms with van der Waals surface area (Å²) in [5.74, 6) is -0.0186. The Hall–Kier alpha value is -3.27. The van der Waals surface area contributed by atoms with Gasteiger partial charge in [-0.05, 0) is 36.2 Å². The van der Waals surface area contributed by atoms with Crippen molar-refractivity contribution in [3.8, 4) is 11.5 Å². The summed E-state index contributed by atoms with van der Waals surface area (Å²) in [5.41, 5.74) is 3.90. The van der Waals surface area contributed by atoms with Crippen LogP contribution in [0.2, 0.25) is 5.02 Å². The standard InChI is InChI=1S/C23H23ClN2O6S/c1-15-9-10-17(23(27)25-32-14-16-7-5-4-6-8-16)11-22(15)33(28,29)26-19-12-18(24)20(30-2)13-21(19)31-3/h4-13,26H,14H2,1-3H3,(H,25,27). The third kappa shape index (κ3) is 5.95. The van der Waals surface area contributed by atoms with Gasteiger partial charge < -0.3 is 9.47 Å². The SMILES string of the molecule is COc1cc(OC)c(NS(=O)(=O)c2cc(C(=O)NOCc3ccccc3)ccc2C)cc1Cl. The molecule has 10 heteroatoms. The number of amides is 1. The molecule has 0 aliphatic heterocycles. The number of carbonyl (C=O) groups excluding carboxylic acids is 1. The fourth-order valence-corrected chi connectivity index (χ4v) is 4.56. The lowest BCUT2D eigenvalue weighted by molar-refractivity contribution is 0.0233. The highest BCUT2D eigenvalue weighted by Gasteiger charge is 2.22. The molecule has 0 aliphatic rings. The highest BCUT2D eigenvalue weighted by Crippen LogP contribution is 2.37. The summed E-state index contributed by atoms with van der Waals surface area (Å²) in [6.45, 7) is 1.80. The number of benzene rings is 3. The van der Waals surface area contributed by atoms with Gasteiger partial charge in [0.15, 0.2) is 0 Å². The molecule has 0 fully saturated rings. The first-order chi connectivity index (χ1) is 15.7. The Morgan fingerprint density at radius 2 is 1.67 bits per heavy atom. The maximum Gasteiger partial charge on any atom is 0.274 e. The minimum Gasteiger partial charge on any atom is -0.495 e. The molecule has 0 aliphatic carbocycles. The van der Waals surface area contributed by atoms with Crippen LogP contribution in [0.15, 0.2) is 65.6 Å². The lowest BCUT2D eigenvalue weighted by Gasteiger charge is -2.16. The van der Waals surface area contributed by atoms with Gasteiger partial charge in [0.05, 0.1) is 36.4 Å². The van der Waals surface area contributed by atoms with Gasteiger partial charge in [-0.25, -0.2) is 13.9 Å². The number of anilines is 1. The van der Waals surface area contributed by atoms with Crippen LogP contribution in [0.25, 0.3) is 0 Å². The number of hydroxylamine groups is 1. The summed E-state index contributed by atoms with van der Waals surface area (Å²) in [4.78, 5) is 17.7. The van der Waals surface area contributed by atoms with Gasteiger partial charge in [-0.2, -0.15) is 0 Å². The van der Waals surface area contributed by atoms with Crippen LogP contribution >= 0.6 is 11.6 Å². The number of methoxy groups -OCH3 is 2. The molecule has 0 saturated heterocycles. The second-order valence-electron chi connectivity index (χ2n) is 6.98. The summed E-state index contributed by atoms with van der Waals surface area (Å²) in [6, 6.07) is 16.5. The van der Waals surface area contributed by atoms with Crippen molar-refractivity contribution in [2.24, 2.45) is 0 Å². The van der Waals surface area contributed by atoms with Crippen LogP contribution < -0.4 is 19.7 Å². The smallest absolute Gasteiger partial charge is 0.274 e. The van der Waals surface area contributed by atoms with Crippen molar-refractivity contribution in [3.05, 3.63) is 82.4 Å². The van der Waals surface area contributed by atoms with E-state index >= 15 is 0 Å². The van der Waals surface area contributed by atoms with E-state index in [1.165, 1.54) is 38.5 Å². The molecule has 33 heavy (non-hydrogen) atoms. The first-order valence-electron chi connectivity index (χ1n) is 9.76. The number of ether oxygens (including phenoxy) is 2. The fraction of sp³-hybridized carbons (Fsp3) is 0.174. The topological polar surface area (TPSA) is 103 Å². The number of hydrogen-bond acceptors (Lipinski definition) is 6. The van der Waals surface area contributed by atoms with Crippen molar-refractivity contribution in [2.75, 3.05) is 18.9 Å². The average Bonchev–Trinajstić information content (AvgIpc) is 2.80. The molecule has 174 valence electrons. The van der Waals surface area contributed by atoms with Gasteiger partial charge in [0.1, 0.15) is 11.5 Å². The van der Waals surface area contributed by atoms with Crippen molar-refractivity contribution in [1.29, 1.82) is 0 Å². The van der Waals surface area contributed by atoms with Crippen LogP contribution in [0.5, 0.6) is 11.5 Å². The molecule has 0 saturated carbocycles. The third-order valence-corrected chi connectivity index (χ3v) is 6.51. The summed E-state index contributed by atoms with van der Waals surface area (Å²) in [6.07, 6.45) is 0. The van der Waals surface area contributed by atoms with Crippen LogP contribution in [0.3, 0.4) is 0 Å². The summed E-state index contributed by atoms with van der Waals surface area (Å²) in [7, 11) is -1.25. The Morgan fingerprint density at radius 1 is 0.970 bits per heavy atom. The van der Waals surface area contributed by atoms with Crippen LogP contribution in [0, 0.1) is 6.92 Å². The predicted octanol–water partition coefficient (Wildman–Crippen LogP) is 4.33. The second kappa shape index (κ2) is 10.6. The minimum absolute atomic E-state index is 0.0767. The normalized spacial score (nSPS) is 11.0. The molecule has 2 N–H and O–H groups in total. The van der Waals surface area contributed by atoms with Gasteiger partial charge in [0.2, 0.25) is 0 Å². The molecule has 3 aromatic rings. The second-order valence-corrected chi connectivity index (χ2v) is 9.04. The molecule has 3 aromatic carbocycles. The number of rotatable bonds is 9. The van der Waals surface area contributed by atoms with E-state index in [4.69, 9.17) is 25.9 Å². The molecule has 0 heterocycles. The van der Waals surface area contributed by atoms with E-state index in [0.717, 1.165) is 5.56 Å². The zero-order valence-corrected chi connectivity index (χ0v) is 19.8. The van der Waals surface area contributed by atoms with E-state index in [2.05, 4.69) is 10.2 Å². The zero-order valence-electron chi connectivity index (χ0n) is 18.2. The molecule has 0 bridgehead atoms. The van der Waals surface area contributed by atoms with Crippen molar-refractivity contribution < 1.29 is 27.5 Å². The number of nitrogens with one attached hydrogen (secondary N) is 2. The quantitative estimate of drug-likeness (QED) is 0.433. The molecule has 8 nitrogen and oxygen atoms in total. The minimum atomic E-state index is -4.08. The van der Waals surface area contributed by atoms with Crippen molar-refractivity contribution in [3.63, 3.8) is 0 Å². The number of carbonyl (C=O) groups is 1. The summed E-state index contributed by atoms with van der Waals surface area (Å²) >= 11 is 6.14. The van der Waals surface area contributed by atoms with Gasteiger partial charge in [0.25, 0.3) is 15.9 Å². The molecular formula is C23H23ClN2O6S. The Labute approximate surface area is 197 Å². The van der Waals surface area contributed by atoms with Crippen molar-refractivity contribution >= 4 is 33.2 Å². The lowest BCUT2D eigenvalue weighted by Crippen LogP contribution is -2.24. The number of sulfonamides is 1. The molecule has 1 amide bonds. The van der Waals surface area contributed by atoms with E-state index in [0.29, 0.717) is 11.3 Å². The molecule has 3 rings (SSSR count). The van der Waals surface area contributed by atoms with Crippen LogP contribution in [-0.4, -0.2) is 28.5 Å². The van der Waals surface area contributed by atoms with E-state index in [1.54, 1.807) is 13.0 Å². The van der Waals surface area contributed by atoms with Gasteiger partial charge >= 0.3 is 0 Å². The van der Waals surface area contributed by atoms with Gasteiger partial charge in [-0.1, -0.05) is 48.0 Å². The van der Waals surface area contributed by atoms with E-state index in [1.807, 2.05) is 30.3 Å². The van der Waals surface area contributed by atoms with Crippen molar-refractivity contribution in [2.45, 2.75) is 18.4 Å². The monoisotopic (exact) mass is 490 g/mol. The Bertz CT molecular complexity index is 1250. The molecule has 0 aromatic heterocycles. The van der Waals surface area contributed by atoms with E-state index in [-0.39, 0.29) is 33.5 Å². The predicted molar refractivity (Wildman–Crippen MR) is 125 cm³/mol. The fourth-order valence-electron chi connectivity index (χ4n) is 2.99. The van der Waals surface area contributed by atoms with E-state index in [9.17, 15) is 13.2 Å². The maximum atomic E-state index is 13.1. The Balaban J connectivity index is 1.80. The number of halogens is 1. The third-order valence-electron chi connectivity index (χ3n) is 4.70. The van der Waals surface area contributed by atoms with E-state index < -0.39 is 15.9 Å². The molecule has 0 spiro atoms. The van der Waals surface area contributed by atoms with Crippen LogP contribution in [0.4, 0.5) is 5.69 Å². The maximum absolute atomic E-state index is 13.1. The Morgan fingerprint density at radius 3 is 2.33 bits per heavy atom. The average molecular weight is 491 g/mol. The Kier molecular flexibility index (Phi) is 7.80. The van der Waals surface area contributed by atoms with Gasteiger partial charge in [0, 0.05) is 11.6 Å². The molecule has 0 atom stereocenters. The van der Waals surface area contributed by atoms with Crippen LogP contribution in [0.1, 0.15) is 21.5 Å². The molecular weight excluding hydrogens is 468 g/mol. The highest BCUT2D eigenvalue weighted by atomic mass is 35.5. The van der Waals surface area contributed by atoms with Gasteiger partial charge in [-0.15, -0.1) is 0 Å². The number of aryl methyl sites for hydroxylation is 1. The largest absolute Gasteiger partial charge is 0.495 e. The first kappa shape index (κ1) is 24.4. The summed E-state index contributed by atoms with van der Waals surface area (Å²) in [5, 5.41) is 0.205. The van der Waals surface area contributed by atoms with Crippen LogP contribution in [-0.2, 0) is 21.5 Å². The van der Waals surface area contributed by atoms with Crippen molar-refractivity contribution in [1.82, 2.24) is 5.48 Å². The number of hydrogen-bond donors (Lipinski definition) is 2.